The van der Waals surface area contributed by atoms with E-state index in [1.165, 1.54) is 37.4 Å². The van der Waals surface area contributed by atoms with Crippen LogP contribution in [0.3, 0.4) is 0 Å². The van der Waals surface area contributed by atoms with Gasteiger partial charge < -0.3 is 4.74 Å². The molecule has 36 heavy (non-hydrogen) atoms. The van der Waals surface area contributed by atoms with Crippen molar-refractivity contribution in [2.24, 2.45) is 22.7 Å². The Kier molecular flexibility index (Phi) is 4.06. The van der Waals surface area contributed by atoms with Gasteiger partial charge >= 0.3 is 5.97 Å². The van der Waals surface area contributed by atoms with Crippen molar-refractivity contribution in [3.63, 3.8) is 0 Å². The number of ether oxygens (including phenoxy) is 1. The average molecular weight is 502 g/mol. The van der Waals surface area contributed by atoms with Crippen molar-refractivity contribution in [3.05, 3.63) is 59.0 Å². The van der Waals surface area contributed by atoms with Crippen LogP contribution in [0.5, 0.6) is 0 Å². The summed E-state index contributed by atoms with van der Waals surface area (Å²) < 4.78 is 9.76. The molecule has 5 aromatic rings. The van der Waals surface area contributed by atoms with E-state index in [0.717, 1.165) is 20.5 Å². The van der Waals surface area contributed by atoms with Gasteiger partial charge in [-0.2, -0.15) is 15.8 Å². The van der Waals surface area contributed by atoms with Crippen molar-refractivity contribution in [2.45, 2.75) is 0 Å². The van der Waals surface area contributed by atoms with E-state index in [1.54, 1.807) is 22.7 Å². The molecule has 2 aliphatic rings. The number of hydrogen-bond donors (Lipinski definition) is 0. The molecule has 0 N–H and O–H groups in total. The molecule has 2 aromatic heterocycles. The lowest BCUT2D eigenvalue weighted by Crippen LogP contribution is -2.68. The zero-order valence-electron chi connectivity index (χ0n) is 18.9. The molecule has 1 saturated carbocycles. The largest absolute Gasteiger partial charge is 0.468 e. The number of nitriles is 3. The first-order valence-electron chi connectivity index (χ1n) is 11.3. The number of thiophene rings is 2. The molecular formula is C29H15N3O2S2. The highest BCUT2D eigenvalue weighted by Crippen LogP contribution is 2.66. The topological polar surface area (TPSA) is 97.7 Å². The second-order valence-corrected chi connectivity index (χ2v) is 11.5. The van der Waals surface area contributed by atoms with Crippen LogP contribution in [-0.4, -0.2) is 13.1 Å². The zero-order valence-corrected chi connectivity index (χ0v) is 20.5. The SMILES string of the molecule is COC(=O)C1(C#N)[C@H]2C=c3cc4c(cc3=C[C@H]2C1(C#N)C#N)sc1c2cc3ccccc3cc2sc41. The first kappa shape index (κ1) is 21.1. The van der Waals surface area contributed by atoms with E-state index in [-0.39, 0.29) is 0 Å². The molecule has 3 atom stereocenters. The number of fused-ring (bicyclic) bond motifs is 8. The third-order valence-electron chi connectivity index (χ3n) is 7.92. The van der Waals surface area contributed by atoms with E-state index < -0.39 is 28.6 Å². The van der Waals surface area contributed by atoms with Crippen molar-refractivity contribution in [1.29, 1.82) is 15.8 Å². The summed E-state index contributed by atoms with van der Waals surface area (Å²) in [4.78, 5) is 12.8. The van der Waals surface area contributed by atoms with Crippen LogP contribution >= 0.6 is 22.7 Å². The van der Waals surface area contributed by atoms with Gasteiger partial charge in [0, 0.05) is 32.0 Å². The first-order valence-corrected chi connectivity index (χ1v) is 13.0. The Hall–Kier alpha value is -4.22. The predicted molar refractivity (Wildman–Crippen MR) is 141 cm³/mol. The number of nitrogens with zero attached hydrogens (tertiary/aromatic N) is 3. The predicted octanol–water partition coefficient (Wildman–Crippen LogP) is 4.96. The Balaban J connectivity index is 1.51. The molecule has 170 valence electrons. The third-order valence-corrected chi connectivity index (χ3v) is 10.4. The summed E-state index contributed by atoms with van der Waals surface area (Å²) in [5.41, 5.74) is -3.66. The summed E-state index contributed by atoms with van der Waals surface area (Å²) in [5.74, 6) is -2.01. The number of hydrogen-bond acceptors (Lipinski definition) is 7. The zero-order chi connectivity index (χ0) is 24.8. The molecule has 0 amide bonds. The van der Waals surface area contributed by atoms with Crippen molar-refractivity contribution >= 4 is 81.1 Å². The molecule has 0 saturated heterocycles. The molecular weight excluding hydrogens is 486 g/mol. The van der Waals surface area contributed by atoms with E-state index in [0.29, 0.717) is 0 Å². The molecule has 3 aromatic carbocycles. The fraction of sp³-hybridized carbons (Fsp3) is 0.172. The molecule has 5 nitrogen and oxygen atoms in total. The molecule has 7 heteroatoms. The Morgan fingerprint density at radius 3 is 2.06 bits per heavy atom. The average Bonchev–Trinajstić information content (AvgIpc) is 3.42. The van der Waals surface area contributed by atoms with Crippen LogP contribution < -0.4 is 10.4 Å². The Morgan fingerprint density at radius 2 is 1.42 bits per heavy atom. The molecule has 1 fully saturated rings. The van der Waals surface area contributed by atoms with E-state index in [4.69, 9.17) is 4.74 Å². The summed E-state index contributed by atoms with van der Waals surface area (Å²) >= 11 is 3.52. The highest BCUT2D eigenvalue weighted by Gasteiger charge is 2.78. The van der Waals surface area contributed by atoms with Gasteiger partial charge in [-0.05, 0) is 45.5 Å². The van der Waals surface area contributed by atoms with Gasteiger partial charge in [-0.15, -0.1) is 22.7 Å². The monoisotopic (exact) mass is 501 g/mol. The molecule has 0 bridgehead atoms. The Bertz CT molecular complexity index is 2070. The Labute approximate surface area is 213 Å². The van der Waals surface area contributed by atoms with Crippen molar-refractivity contribution in [3.8, 4) is 18.2 Å². The molecule has 2 aliphatic carbocycles. The van der Waals surface area contributed by atoms with Gasteiger partial charge in [0.2, 0.25) is 0 Å². The van der Waals surface area contributed by atoms with Crippen LogP contribution in [0.25, 0.3) is 52.5 Å². The summed E-state index contributed by atoms with van der Waals surface area (Å²) in [6.45, 7) is 0. The van der Waals surface area contributed by atoms with Gasteiger partial charge in [0.1, 0.15) is 0 Å². The normalized spacial score (nSPS) is 23.4. The summed E-state index contributed by atoms with van der Waals surface area (Å²) in [6, 6.07) is 23.1. The molecule has 1 unspecified atom stereocenters. The maximum absolute atomic E-state index is 12.8. The number of methoxy groups -OCH3 is 1. The standard InChI is InChI=1S/C29H15N3O2S2/c1-34-27(33)29(14-32)22-9-17-7-20-24(11-18(17)8-21(22)28(29,12-30)13-31)36-25-19-6-15-4-2-3-5-16(15)10-23(19)35-26(20)25/h2-11,21-22H,1H3/t21-,22+,29?/m1/s1. The maximum Gasteiger partial charge on any atom is 0.329 e. The highest BCUT2D eigenvalue weighted by molar-refractivity contribution is 7.36. The van der Waals surface area contributed by atoms with Gasteiger partial charge in [0.15, 0.2) is 10.8 Å². The number of esters is 1. The van der Waals surface area contributed by atoms with Crippen molar-refractivity contribution in [2.75, 3.05) is 7.11 Å². The molecule has 0 spiro atoms. The molecule has 0 radical (unpaired) electrons. The van der Waals surface area contributed by atoms with Crippen LogP contribution in [0.1, 0.15) is 0 Å². The van der Waals surface area contributed by atoms with Crippen LogP contribution in [0.15, 0.2) is 48.5 Å². The number of rotatable bonds is 1. The lowest BCUT2D eigenvalue weighted by Gasteiger charge is -2.56. The second kappa shape index (κ2) is 6.93. The van der Waals surface area contributed by atoms with Crippen LogP contribution in [-0.2, 0) is 9.53 Å². The van der Waals surface area contributed by atoms with Gasteiger partial charge in [-0.3, -0.25) is 4.79 Å². The first-order chi connectivity index (χ1) is 17.5. The Morgan fingerprint density at radius 1 is 0.833 bits per heavy atom. The van der Waals surface area contributed by atoms with Crippen molar-refractivity contribution in [1.82, 2.24) is 0 Å². The van der Waals surface area contributed by atoms with E-state index in [1.807, 2.05) is 30.4 Å². The molecule has 0 aliphatic heterocycles. The number of carbonyl (C=O) groups excluding carboxylic acids is 1. The van der Waals surface area contributed by atoms with Gasteiger partial charge in [0.05, 0.1) is 34.7 Å². The third kappa shape index (κ3) is 2.25. The highest BCUT2D eigenvalue weighted by atomic mass is 32.1. The van der Waals surface area contributed by atoms with Crippen LogP contribution in [0.4, 0.5) is 0 Å². The van der Waals surface area contributed by atoms with E-state index in [9.17, 15) is 20.6 Å². The van der Waals surface area contributed by atoms with Crippen LogP contribution in [0, 0.1) is 56.7 Å². The number of benzene rings is 3. The molecule has 2 heterocycles. The minimum atomic E-state index is -1.86. The minimum absolute atomic E-state index is 0.565. The summed E-state index contributed by atoms with van der Waals surface area (Å²) in [7, 11) is 1.19. The van der Waals surface area contributed by atoms with Crippen LogP contribution in [0.2, 0.25) is 0 Å². The molecule has 7 rings (SSSR count). The van der Waals surface area contributed by atoms with E-state index >= 15 is 0 Å². The lowest BCUT2D eigenvalue weighted by atomic mass is 9.38. The van der Waals surface area contributed by atoms with Crippen molar-refractivity contribution < 1.29 is 9.53 Å². The van der Waals surface area contributed by atoms with E-state index in [2.05, 4.69) is 48.5 Å². The van der Waals surface area contributed by atoms with Gasteiger partial charge in [-0.25, -0.2) is 0 Å². The minimum Gasteiger partial charge on any atom is -0.468 e. The maximum atomic E-state index is 12.8. The van der Waals surface area contributed by atoms with Gasteiger partial charge in [-0.1, -0.05) is 36.4 Å². The summed E-state index contributed by atoms with van der Waals surface area (Å²) in [5, 5.41) is 36.7. The van der Waals surface area contributed by atoms with Gasteiger partial charge in [0.25, 0.3) is 0 Å². The number of carbonyl (C=O) groups is 1. The smallest absolute Gasteiger partial charge is 0.329 e. The quantitative estimate of drug-likeness (QED) is 0.303. The second-order valence-electron chi connectivity index (χ2n) is 9.36. The summed E-state index contributed by atoms with van der Waals surface area (Å²) in [6.07, 6.45) is 3.78. The lowest BCUT2D eigenvalue weighted by molar-refractivity contribution is -0.169. The fourth-order valence-corrected chi connectivity index (χ4v) is 8.84. The fourth-order valence-electron chi connectivity index (χ4n) is 6.14.